The summed E-state index contributed by atoms with van der Waals surface area (Å²) in [5.74, 6) is -0.0228. The molecule has 5 heteroatoms. The van der Waals surface area contributed by atoms with E-state index < -0.39 is 0 Å². The first kappa shape index (κ1) is 15.0. The predicted octanol–water partition coefficient (Wildman–Crippen LogP) is 2.27. The lowest BCUT2D eigenvalue weighted by molar-refractivity contribution is 0.0718. The number of hydrogen-bond acceptors (Lipinski definition) is 3. The molecule has 1 amide bonds. The van der Waals surface area contributed by atoms with E-state index in [4.69, 9.17) is 4.74 Å². The number of nitrogens with zero attached hydrogens (tertiary/aromatic N) is 1. The van der Waals surface area contributed by atoms with Crippen LogP contribution in [0.5, 0.6) is 5.75 Å². The van der Waals surface area contributed by atoms with Gasteiger partial charge in [-0.2, -0.15) is 0 Å². The van der Waals surface area contributed by atoms with Gasteiger partial charge >= 0.3 is 0 Å². The van der Waals surface area contributed by atoms with Gasteiger partial charge in [0.25, 0.3) is 5.91 Å². The molecule has 0 atom stereocenters. The van der Waals surface area contributed by atoms with Gasteiger partial charge in [-0.05, 0) is 40.8 Å². The maximum Gasteiger partial charge on any atom is 0.254 e. The fourth-order valence-electron chi connectivity index (χ4n) is 1.46. The predicted molar refractivity (Wildman–Crippen MR) is 78.8 cm³/mol. The van der Waals surface area contributed by atoms with Crippen LogP contribution in [0.25, 0.3) is 0 Å². The van der Waals surface area contributed by atoms with Crippen molar-refractivity contribution in [2.75, 3.05) is 26.8 Å². The van der Waals surface area contributed by atoms with E-state index in [2.05, 4.69) is 6.58 Å². The zero-order valence-electron chi connectivity index (χ0n) is 10.2. The van der Waals surface area contributed by atoms with Gasteiger partial charge in [-0.1, -0.05) is 6.08 Å². The monoisotopic (exact) mass is 361 g/mol. The summed E-state index contributed by atoms with van der Waals surface area (Å²) in [6, 6.07) is 4.89. The van der Waals surface area contributed by atoms with Crippen LogP contribution in [0.1, 0.15) is 10.4 Å². The normalized spacial score (nSPS) is 10.1. The lowest BCUT2D eigenvalue weighted by Gasteiger charge is -2.20. The second-order valence-electron chi connectivity index (χ2n) is 3.70. The Morgan fingerprint density at radius 2 is 2.33 bits per heavy atom. The summed E-state index contributed by atoms with van der Waals surface area (Å²) < 4.78 is 5.69. The van der Waals surface area contributed by atoms with E-state index >= 15 is 0 Å². The van der Waals surface area contributed by atoms with E-state index in [0.29, 0.717) is 25.3 Å². The summed E-state index contributed by atoms with van der Waals surface area (Å²) in [4.78, 5) is 13.8. The van der Waals surface area contributed by atoms with Crippen molar-refractivity contribution in [3.8, 4) is 5.75 Å². The van der Waals surface area contributed by atoms with Crippen molar-refractivity contribution in [1.29, 1.82) is 0 Å². The van der Waals surface area contributed by atoms with Crippen molar-refractivity contribution in [3.05, 3.63) is 40.0 Å². The maximum atomic E-state index is 12.2. The average molecular weight is 361 g/mol. The Balaban J connectivity index is 2.86. The molecule has 0 fully saturated rings. The van der Waals surface area contributed by atoms with E-state index in [1.165, 1.54) is 6.07 Å². The van der Waals surface area contributed by atoms with Crippen LogP contribution in [0.3, 0.4) is 0 Å². The smallest absolute Gasteiger partial charge is 0.254 e. The number of methoxy groups -OCH3 is 1. The number of phenols is 1. The van der Waals surface area contributed by atoms with Gasteiger partial charge in [0.05, 0.1) is 10.2 Å². The molecule has 0 bridgehead atoms. The molecular formula is C13H16INO3. The summed E-state index contributed by atoms with van der Waals surface area (Å²) in [6.07, 6.45) is 1.67. The molecule has 1 aromatic rings. The molecule has 0 aliphatic rings. The lowest BCUT2D eigenvalue weighted by atomic mass is 10.2. The summed E-state index contributed by atoms with van der Waals surface area (Å²) in [7, 11) is 1.59. The molecule has 4 nitrogen and oxygen atoms in total. The molecule has 0 aliphatic carbocycles. The Hall–Kier alpha value is -1.08. The topological polar surface area (TPSA) is 49.8 Å². The summed E-state index contributed by atoms with van der Waals surface area (Å²) in [5.41, 5.74) is 0.464. The van der Waals surface area contributed by atoms with Crippen LogP contribution in [-0.4, -0.2) is 42.7 Å². The highest BCUT2D eigenvalue weighted by Crippen LogP contribution is 2.21. The van der Waals surface area contributed by atoms with Gasteiger partial charge in [-0.15, -0.1) is 6.58 Å². The third-order valence-electron chi connectivity index (χ3n) is 2.40. The number of aromatic hydroxyl groups is 1. The van der Waals surface area contributed by atoms with Gasteiger partial charge in [0.15, 0.2) is 0 Å². The van der Waals surface area contributed by atoms with Crippen molar-refractivity contribution < 1.29 is 14.6 Å². The van der Waals surface area contributed by atoms with Crippen molar-refractivity contribution in [3.63, 3.8) is 0 Å². The maximum absolute atomic E-state index is 12.2. The summed E-state index contributed by atoms with van der Waals surface area (Å²) in [6.45, 7) is 5.05. The number of halogens is 1. The molecule has 0 saturated heterocycles. The van der Waals surface area contributed by atoms with Gasteiger partial charge in [0.2, 0.25) is 0 Å². The van der Waals surface area contributed by atoms with E-state index in [0.717, 1.165) is 3.57 Å². The van der Waals surface area contributed by atoms with E-state index in [9.17, 15) is 9.90 Å². The highest BCUT2D eigenvalue weighted by molar-refractivity contribution is 14.1. The number of rotatable bonds is 6. The highest BCUT2D eigenvalue weighted by atomic mass is 127. The van der Waals surface area contributed by atoms with E-state index in [1.807, 2.05) is 22.6 Å². The third-order valence-corrected chi connectivity index (χ3v) is 3.31. The van der Waals surface area contributed by atoms with Crippen LogP contribution < -0.4 is 0 Å². The second-order valence-corrected chi connectivity index (χ2v) is 4.86. The van der Waals surface area contributed by atoms with Gasteiger partial charge in [0, 0.05) is 25.8 Å². The number of carbonyl (C=O) groups excluding carboxylic acids is 1. The Labute approximate surface area is 120 Å². The summed E-state index contributed by atoms with van der Waals surface area (Å²) in [5, 5.41) is 9.61. The molecule has 0 aromatic heterocycles. The average Bonchev–Trinajstić information content (AvgIpc) is 2.37. The van der Waals surface area contributed by atoms with Crippen molar-refractivity contribution in [2.45, 2.75) is 0 Å². The van der Waals surface area contributed by atoms with Gasteiger partial charge in [-0.3, -0.25) is 4.79 Å². The standard InChI is InChI=1S/C13H16INO3/c1-3-6-15(7-8-18-2)13(17)10-4-5-11(14)12(16)9-10/h3-5,9,16H,1,6-8H2,2H3. The molecule has 1 N–H and O–H groups in total. The first-order valence-electron chi connectivity index (χ1n) is 5.47. The van der Waals surface area contributed by atoms with E-state index in [-0.39, 0.29) is 11.7 Å². The van der Waals surface area contributed by atoms with Crippen molar-refractivity contribution in [1.82, 2.24) is 4.90 Å². The lowest BCUT2D eigenvalue weighted by Crippen LogP contribution is -2.34. The molecule has 0 radical (unpaired) electrons. The van der Waals surface area contributed by atoms with Gasteiger partial charge in [-0.25, -0.2) is 0 Å². The molecule has 98 valence electrons. The number of amides is 1. The van der Waals surface area contributed by atoms with Crippen LogP contribution >= 0.6 is 22.6 Å². The zero-order valence-corrected chi connectivity index (χ0v) is 12.4. The fraction of sp³-hybridized carbons (Fsp3) is 0.308. The van der Waals surface area contributed by atoms with Gasteiger partial charge < -0.3 is 14.7 Å². The molecule has 1 aromatic carbocycles. The van der Waals surface area contributed by atoms with Crippen LogP contribution in [0.2, 0.25) is 0 Å². The quantitative estimate of drug-likeness (QED) is 0.625. The number of hydrogen-bond donors (Lipinski definition) is 1. The highest BCUT2D eigenvalue weighted by Gasteiger charge is 2.15. The number of ether oxygens (including phenoxy) is 1. The van der Waals surface area contributed by atoms with Crippen LogP contribution in [0.15, 0.2) is 30.9 Å². The minimum absolute atomic E-state index is 0.117. The van der Waals surface area contributed by atoms with Crippen molar-refractivity contribution in [2.24, 2.45) is 0 Å². The molecule has 0 heterocycles. The molecular weight excluding hydrogens is 345 g/mol. The number of carbonyl (C=O) groups is 1. The van der Waals surface area contributed by atoms with Crippen LogP contribution in [0.4, 0.5) is 0 Å². The fourth-order valence-corrected chi connectivity index (χ4v) is 1.80. The molecule has 0 saturated carbocycles. The third kappa shape index (κ3) is 3.99. The van der Waals surface area contributed by atoms with Crippen molar-refractivity contribution >= 4 is 28.5 Å². The Morgan fingerprint density at radius 3 is 2.89 bits per heavy atom. The summed E-state index contributed by atoms with van der Waals surface area (Å²) >= 11 is 2.01. The van der Waals surface area contributed by atoms with Gasteiger partial charge in [0.1, 0.15) is 5.75 Å². The minimum Gasteiger partial charge on any atom is -0.507 e. The second kappa shape index (κ2) is 7.38. The molecule has 0 spiro atoms. The number of phenolic OH excluding ortho intramolecular Hbond substituents is 1. The largest absolute Gasteiger partial charge is 0.507 e. The SMILES string of the molecule is C=CCN(CCOC)C(=O)c1ccc(I)c(O)c1. The number of benzene rings is 1. The van der Waals surface area contributed by atoms with E-state index in [1.54, 1.807) is 30.2 Å². The molecule has 18 heavy (non-hydrogen) atoms. The first-order valence-corrected chi connectivity index (χ1v) is 6.55. The minimum atomic E-state index is -0.140. The van der Waals surface area contributed by atoms with Crippen LogP contribution in [-0.2, 0) is 4.74 Å². The Kier molecular flexibility index (Phi) is 6.14. The molecule has 0 aliphatic heterocycles. The zero-order chi connectivity index (χ0) is 13.5. The molecule has 0 unspecified atom stereocenters. The first-order chi connectivity index (χ1) is 8.60. The molecule has 1 rings (SSSR count). The Morgan fingerprint density at radius 1 is 1.61 bits per heavy atom. The Bertz CT molecular complexity index is 434. The van der Waals surface area contributed by atoms with Crippen LogP contribution in [0, 0.1) is 3.57 Å².